The molecule has 22 heavy (non-hydrogen) atoms. The van der Waals surface area contributed by atoms with Gasteiger partial charge in [0.05, 0.1) is 11.3 Å². The highest BCUT2D eigenvalue weighted by molar-refractivity contribution is 7.99. The Labute approximate surface area is 135 Å². The highest BCUT2D eigenvalue weighted by Gasteiger charge is 2.37. The van der Waals surface area contributed by atoms with Gasteiger partial charge in [-0.15, -0.1) is 23.1 Å². The van der Waals surface area contributed by atoms with E-state index in [0.717, 1.165) is 5.69 Å². The summed E-state index contributed by atoms with van der Waals surface area (Å²) in [6.07, 6.45) is 0. The number of phenols is 2. The van der Waals surface area contributed by atoms with Gasteiger partial charge in [0.2, 0.25) is 0 Å². The summed E-state index contributed by atoms with van der Waals surface area (Å²) < 4.78 is 0. The first-order chi connectivity index (χ1) is 10.5. The van der Waals surface area contributed by atoms with E-state index < -0.39 is 12.0 Å². The zero-order chi connectivity index (χ0) is 15.9. The number of rotatable bonds is 3. The van der Waals surface area contributed by atoms with Gasteiger partial charge in [0, 0.05) is 17.2 Å². The van der Waals surface area contributed by atoms with Crippen molar-refractivity contribution < 1.29 is 20.1 Å². The van der Waals surface area contributed by atoms with Crippen LogP contribution >= 0.6 is 23.1 Å². The van der Waals surface area contributed by atoms with E-state index in [2.05, 4.69) is 4.98 Å². The molecule has 0 amide bonds. The highest BCUT2D eigenvalue weighted by Crippen LogP contribution is 2.42. The number of carboxylic acid groups (broad SMARTS) is 1. The van der Waals surface area contributed by atoms with E-state index in [1.54, 1.807) is 29.8 Å². The maximum absolute atomic E-state index is 11.2. The first-order valence-corrected chi connectivity index (χ1v) is 8.44. The average Bonchev–Trinajstić information content (AvgIpc) is 3.05. The van der Waals surface area contributed by atoms with Gasteiger partial charge < -0.3 is 15.3 Å². The van der Waals surface area contributed by atoms with Crippen LogP contribution in [-0.4, -0.2) is 50.0 Å². The first-order valence-electron chi connectivity index (χ1n) is 6.51. The molecule has 3 rings (SSSR count). The predicted molar refractivity (Wildman–Crippen MR) is 85.3 cm³/mol. The number of benzene rings is 1. The quantitative estimate of drug-likeness (QED) is 0.791. The Morgan fingerprint density at radius 2 is 2.18 bits per heavy atom. The van der Waals surface area contributed by atoms with Gasteiger partial charge in [0.25, 0.3) is 0 Å². The number of likely N-dealkylation sites (N-methyl/N-ethyl adjacent to an activating group) is 1. The molecule has 116 valence electrons. The number of thioether (sulfide) groups is 1. The predicted octanol–water partition coefficient (Wildman–Crippen LogP) is 2.35. The molecule has 6 nitrogen and oxygen atoms in total. The molecule has 0 bridgehead atoms. The fraction of sp³-hybridized carbons (Fsp3) is 0.286. The second-order valence-corrected chi connectivity index (χ2v) is 6.96. The molecule has 8 heteroatoms. The second kappa shape index (κ2) is 5.79. The summed E-state index contributed by atoms with van der Waals surface area (Å²) in [5, 5.41) is 30.8. The number of thiazole rings is 1. The summed E-state index contributed by atoms with van der Waals surface area (Å²) in [4.78, 5) is 17.5. The SMILES string of the molecule is CN1C(c2csc(-c3ccc(O)cc3O)n2)SC[C@H]1C(=O)O. The molecule has 1 unspecified atom stereocenters. The van der Waals surface area contributed by atoms with E-state index in [9.17, 15) is 15.0 Å². The van der Waals surface area contributed by atoms with E-state index in [1.807, 2.05) is 5.38 Å². The van der Waals surface area contributed by atoms with Crippen LogP contribution in [0.15, 0.2) is 23.6 Å². The van der Waals surface area contributed by atoms with Crippen molar-refractivity contribution in [1.82, 2.24) is 9.88 Å². The largest absolute Gasteiger partial charge is 0.508 e. The van der Waals surface area contributed by atoms with Crippen LogP contribution in [0.3, 0.4) is 0 Å². The summed E-state index contributed by atoms with van der Waals surface area (Å²) in [6.45, 7) is 0. The molecular weight excluding hydrogens is 324 g/mol. The van der Waals surface area contributed by atoms with Crippen molar-refractivity contribution in [1.29, 1.82) is 0 Å². The molecule has 1 saturated heterocycles. The third kappa shape index (κ3) is 2.65. The maximum Gasteiger partial charge on any atom is 0.321 e. The lowest BCUT2D eigenvalue weighted by Gasteiger charge is -2.20. The second-order valence-electron chi connectivity index (χ2n) is 4.98. The number of nitrogens with zero attached hydrogens (tertiary/aromatic N) is 2. The van der Waals surface area contributed by atoms with Crippen LogP contribution in [0, 0.1) is 0 Å². The van der Waals surface area contributed by atoms with Crippen molar-refractivity contribution in [2.75, 3.05) is 12.8 Å². The van der Waals surface area contributed by atoms with Crippen LogP contribution < -0.4 is 0 Å². The standard InChI is InChI=1S/C14H14N2O4S2/c1-16-10(14(19)20)6-22-13(16)9-5-21-12(15-9)8-3-2-7(17)4-11(8)18/h2-5,10,13,17-18H,6H2,1H3,(H,19,20)/t10-,13?/m0/s1. The summed E-state index contributed by atoms with van der Waals surface area (Å²) in [5.74, 6) is -0.345. The lowest BCUT2D eigenvalue weighted by Crippen LogP contribution is -2.35. The zero-order valence-electron chi connectivity index (χ0n) is 11.6. The van der Waals surface area contributed by atoms with Gasteiger partial charge in [-0.2, -0.15) is 0 Å². The Balaban J connectivity index is 1.87. The van der Waals surface area contributed by atoms with Gasteiger partial charge in [0.1, 0.15) is 27.9 Å². The summed E-state index contributed by atoms with van der Waals surface area (Å²) in [7, 11) is 1.78. The molecule has 2 atom stereocenters. The minimum absolute atomic E-state index is 0.00610. The Kier molecular flexibility index (Phi) is 3.98. The smallest absolute Gasteiger partial charge is 0.321 e. The normalized spacial score (nSPS) is 22.0. The van der Waals surface area contributed by atoms with Crippen molar-refractivity contribution in [3.63, 3.8) is 0 Å². The lowest BCUT2D eigenvalue weighted by atomic mass is 10.2. The van der Waals surface area contributed by atoms with Crippen molar-refractivity contribution >= 4 is 29.1 Å². The average molecular weight is 338 g/mol. The van der Waals surface area contributed by atoms with Crippen molar-refractivity contribution in [2.45, 2.75) is 11.4 Å². The van der Waals surface area contributed by atoms with Crippen molar-refractivity contribution in [3.05, 3.63) is 29.3 Å². The third-order valence-corrected chi connectivity index (χ3v) is 5.84. The number of carbonyl (C=O) groups is 1. The molecular formula is C14H14N2O4S2. The van der Waals surface area contributed by atoms with Crippen LogP contribution in [0.2, 0.25) is 0 Å². The molecule has 1 aliphatic heterocycles. The van der Waals surface area contributed by atoms with Gasteiger partial charge in [-0.25, -0.2) is 4.98 Å². The Hall–Kier alpha value is -1.77. The van der Waals surface area contributed by atoms with Crippen LogP contribution in [0.1, 0.15) is 11.1 Å². The molecule has 1 aliphatic rings. The van der Waals surface area contributed by atoms with E-state index in [-0.39, 0.29) is 16.9 Å². The lowest BCUT2D eigenvalue weighted by molar-refractivity contribution is -0.141. The molecule has 2 heterocycles. The Bertz CT molecular complexity index is 719. The van der Waals surface area contributed by atoms with Crippen LogP contribution in [-0.2, 0) is 4.79 Å². The van der Waals surface area contributed by atoms with E-state index in [4.69, 9.17) is 5.11 Å². The molecule has 0 aliphatic carbocycles. The third-order valence-electron chi connectivity index (χ3n) is 3.55. The molecule has 0 spiro atoms. The molecule has 0 saturated carbocycles. The van der Waals surface area contributed by atoms with Crippen LogP contribution in [0.25, 0.3) is 10.6 Å². The molecule has 0 radical (unpaired) electrons. The van der Waals surface area contributed by atoms with Gasteiger partial charge >= 0.3 is 5.97 Å². The van der Waals surface area contributed by atoms with Crippen molar-refractivity contribution in [3.8, 4) is 22.1 Å². The first kappa shape index (κ1) is 15.1. The minimum Gasteiger partial charge on any atom is -0.508 e. The number of hydrogen-bond acceptors (Lipinski definition) is 7. The number of hydrogen-bond donors (Lipinski definition) is 3. The molecule has 1 aromatic heterocycles. The number of aromatic hydroxyl groups is 2. The van der Waals surface area contributed by atoms with Gasteiger partial charge in [-0.3, -0.25) is 9.69 Å². The van der Waals surface area contributed by atoms with Crippen LogP contribution in [0.4, 0.5) is 0 Å². The minimum atomic E-state index is -0.830. The molecule has 3 N–H and O–H groups in total. The van der Waals surface area contributed by atoms with E-state index in [1.165, 1.54) is 23.5 Å². The number of aliphatic carboxylic acids is 1. The number of phenolic OH excluding ortho intramolecular Hbond substituents is 2. The van der Waals surface area contributed by atoms with Gasteiger partial charge in [0.15, 0.2) is 0 Å². The summed E-state index contributed by atoms with van der Waals surface area (Å²) in [5.41, 5.74) is 1.33. The topological polar surface area (TPSA) is 93.9 Å². The number of carboxylic acids is 1. The zero-order valence-corrected chi connectivity index (χ0v) is 13.3. The van der Waals surface area contributed by atoms with E-state index in [0.29, 0.717) is 16.3 Å². The van der Waals surface area contributed by atoms with Gasteiger partial charge in [-0.1, -0.05) is 0 Å². The van der Waals surface area contributed by atoms with Crippen molar-refractivity contribution in [2.24, 2.45) is 0 Å². The number of aromatic nitrogens is 1. The fourth-order valence-corrected chi connectivity index (χ4v) is 4.72. The summed E-state index contributed by atoms with van der Waals surface area (Å²) in [6, 6.07) is 3.86. The molecule has 2 aromatic rings. The Morgan fingerprint density at radius 1 is 1.41 bits per heavy atom. The molecule has 1 aromatic carbocycles. The van der Waals surface area contributed by atoms with E-state index >= 15 is 0 Å². The molecule has 1 fully saturated rings. The fourth-order valence-electron chi connectivity index (χ4n) is 2.34. The van der Waals surface area contributed by atoms with Crippen LogP contribution in [0.5, 0.6) is 11.5 Å². The van der Waals surface area contributed by atoms with Gasteiger partial charge in [-0.05, 0) is 19.2 Å². The Morgan fingerprint density at radius 3 is 2.82 bits per heavy atom. The monoisotopic (exact) mass is 338 g/mol. The maximum atomic E-state index is 11.2. The highest BCUT2D eigenvalue weighted by atomic mass is 32.2. The summed E-state index contributed by atoms with van der Waals surface area (Å²) >= 11 is 2.92.